The molecule has 2 N–H and O–H groups in total. The van der Waals surface area contributed by atoms with Crippen molar-refractivity contribution in [1.82, 2.24) is 19.6 Å². The Labute approximate surface area is 88.7 Å². The van der Waals surface area contributed by atoms with Gasteiger partial charge in [-0.1, -0.05) is 0 Å². The minimum absolute atomic E-state index is 0.182. The third-order valence-corrected chi connectivity index (χ3v) is 4.18. The van der Waals surface area contributed by atoms with Gasteiger partial charge in [0.2, 0.25) is 0 Å². The molecule has 1 aliphatic rings. The Morgan fingerprint density at radius 2 is 2.07 bits per heavy atom. The molecule has 6 nitrogen and oxygen atoms in total. The lowest BCUT2D eigenvalue weighted by atomic mass is 10.4. The van der Waals surface area contributed by atoms with Gasteiger partial charge >= 0.3 is 0 Å². The number of sulfonamides is 1. The van der Waals surface area contributed by atoms with E-state index in [2.05, 4.69) is 15.3 Å². The average molecular weight is 230 g/mol. The lowest BCUT2D eigenvalue weighted by molar-refractivity contribution is 0.359. The summed E-state index contributed by atoms with van der Waals surface area (Å²) in [6, 6.07) is 0. The first-order valence-electron chi connectivity index (χ1n) is 4.83. The van der Waals surface area contributed by atoms with Crippen molar-refractivity contribution < 1.29 is 8.42 Å². The Kier molecular flexibility index (Phi) is 2.76. The number of aryl methyl sites for hydroxylation is 1. The molecule has 84 valence electrons. The van der Waals surface area contributed by atoms with Crippen molar-refractivity contribution in [1.29, 1.82) is 0 Å². The van der Waals surface area contributed by atoms with Gasteiger partial charge in [0.15, 0.2) is 5.03 Å². The summed E-state index contributed by atoms with van der Waals surface area (Å²) in [6.45, 7) is 4.16. The maximum absolute atomic E-state index is 12.0. The molecule has 1 aliphatic heterocycles. The summed E-state index contributed by atoms with van der Waals surface area (Å²) in [5, 5.41) is 3.29. The first-order chi connectivity index (χ1) is 7.10. The van der Waals surface area contributed by atoms with Crippen LogP contribution in [0.4, 0.5) is 0 Å². The van der Waals surface area contributed by atoms with Gasteiger partial charge in [-0.15, -0.1) is 0 Å². The molecule has 15 heavy (non-hydrogen) atoms. The van der Waals surface area contributed by atoms with Crippen molar-refractivity contribution in [3.8, 4) is 0 Å². The number of hydrogen-bond acceptors (Lipinski definition) is 4. The Bertz CT molecular complexity index is 433. The number of nitrogens with zero attached hydrogens (tertiary/aromatic N) is 2. The summed E-state index contributed by atoms with van der Waals surface area (Å²) < 4.78 is 25.5. The molecular weight excluding hydrogens is 216 g/mol. The SMILES string of the molecule is Cc1ncc(S(=O)(=O)N2CCNCC2)[nH]1. The Morgan fingerprint density at radius 1 is 1.40 bits per heavy atom. The summed E-state index contributed by atoms with van der Waals surface area (Å²) in [5.74, 6) is 0.615. The zero-order valence-electron chi connectivity index (χ0n) is 8.52. The molecule has 0 radical (unpaired) electrons. The first kappa shape index (κ1) is 10.6. The molecule has 0 bridgehead atoms. The molecule has 0 aromatic carbocycles. The fourth-order valence-electron chi connectivity index (χ4n) is 1.55. The molecule has 7 heteroatoms. The molecule has 2 heterocycles. The van der Waals surface area contributed by atoms with E-state index >= 15 is 0 Å². The number of aromatic amines is 1. The van der Waals surface area contributed by atoms with Crippen LogP contribution in [0.15, 0.2) is 11.2 Å². The molecule has 1 saturated heterocycles. The highest BCUT2D eigenvalue weighted by Crippen LogP contribution is 2.13. The molecule has 1 aromatic rings. The second kappa shape index (κ2) is 3.92. The van der Waals surface area contributed by atoms with Crippen LogP contribution in [-0.2, 0) is 10.0 Å². The van der Waals surface area contributed by atoms with Gasteiger partial charge in [0.1, 0.15) is 5.82 Å². The summed E-state index contributed by atoms with van der Waals surface area (Å²) in [6.07, 6.45) is 1.37. The minimum Gasteiger partial charge on any atom is -0.332 e. The van der Waals surface area contributed by atoms with Gasteiger partial charge in [-0.2, -0.15) is 4.31 Å². The molecule has 0 aliphatic carbocycles. The van der Waals surface area contributed by atoms with E-state index in [1.165, 1.54) is 10.5 Å². The monoisotopic (exact) mass is 230 g/mol. The van der Waals surface area contributed by atoms with E-state index in [-0.39, 0.29) is 5.03 Å². The number of piperazine rings is 1. The number of rotatable bonds is 2. The van der Waals surface area contributed by atoms with Crippen LogP contribution in [0, 0.1) is 6.92 Å². The van der Waals surface area contributed by atoms with E-state index < -0.39 is 10.0 Å². The number of imidazole rings is 1. The molecule has 0 amide bonds. The molecule has 2 rings (SSSR count). The number of aromatic nitrogens is 2. The van der Waals surface area contributed by atoms with Crippen LogP contribution in [0.25, 0.3) is 0 Å². The highest BCUT2D eigenvalue weighted by atomic mass is 32.2. The zero-order valence-corrected chi connectivity index (χ0v) is 9.34. The lowest BCUT2D eigenvalue weighted by Gasteiger charge is -2.25. The van der Waals surface area contributed by atoms with E-state index in [0.29, 0.717) is 32.0 Å². The van der Waals surface area contributed by atoms with E-state index in [1.54, 1.807) is 6.92 Å². The van der Waals surface area contributed by atoms with Crippen molar-refractivity contribution in [2.75, 3.05) is 26.2 Å². The predicted octanol–water partition coefficient (Wildman–Crippen LogP) is -0.688. The van der Waals surface area contributed by atoms with E-state index in [4.69, 9.17) is 0 Å². The largest absolute Gasteiger partial charge is 0.332 e. The minimum atomic E-state index is -3.37. The summed E-state index contributed by atoms with van der Waals surface area (Å²) in [5.41, 5.74) is 0. The van der Waals surface area contributed by atoms with E-state index in [0.717, 1.165) is 0 Å². The molecule has 1 fully saturated rings. The topological polar surface area (TPSA) is 78.1 Å². The van der Waals surface area contributed by atoms with Crippen LogP contribution >= 0.6 is 0 Å². The number of nitrogens with one attached hydrogen (secondary N) is 2. The molecular formula is C8H14N4O2S. The Morgan fingerprint density at radius 3 is 2.60 bits per heavy atom. The molecule has 1 aromatic heterocycles. The van der Waals surface area contributed by atoms with Gasteiger partial charge in [-0.3, -0.25) is 0 Å². The van der Waals surface area contributed by atoms with Crippen molar-refractivity contribution in [3.63, 3.8) is 0 Å². The second-order valence-corrected chi connectivity index (χ2v) is 5.39. The zero-order chi connectivity index (χ0) is 10.9. The van der Waals surface area contributed by atoms with E-state index in [1.807, 2.05) is 0 Å². The van der Waals surface area contributed by atoms with Crippen LogP contribution in [0.1, 0.15) is 5.82 Å². The summed E-state index contributed by atoms with van der Waals surface area (Å²) >= 11 is 0. The average Bonchev–Trinajstić information content (AvgIpc) is 2.67. The molecule has 0 saturated carbocycles. The van der Waals surface area contributed by atoms with Crippen LogP contribution in [-0.4, -0.2) is 48.9 Å². The third-order valence-electron chi connectivity index (χ3n) is 2.37. The fourth-order valence-corrected chi connectivity index (χ4v) is 2.96. The van der Waals surface area contributed by atoms with Crippen molar-refractivity contribution in [3.05, 3.63) is 12.0 Å². The molecule has 0 spiro atoms. The third kappa shape index (κ3) is 2.04. The van der Waals surface area contributed by atoms with Crippen molar-refractivity contribution in [2.24, 2.45) is 0 Å². The Balaban J connectivity index is 2.26. The van der Waals surface area contributed by atoms with Gasteiger partial charge < -0.3 is 10.3 Å². The van der Waals surface area contributed by atoms with Gasteiger partial charge in [0, 0.05) is 26.2 Å². The maximum Gasteiger partial charge on any atom is 0.260 e. The standard InChI is InChI=1S/C8H14N4O2S/c1-7-10-6-8(11-7)15(13,14)12-4-2-9-3-5-12/h6,9H,2-5H2,1H3,(H,10,11). The lowest BCUT2D eigenvalue weighted by Crippen LogP contribution is -2.46. The highest BCUT2D eigenvalue weighted by Gasteiger charge is 2.27. The van der Waals surface area contributed by atoms with Gasteiger partial charge in [0.05, 0.1) is 6.20 Å². The number of hydrogen-bond donors (Lipinski definition) is 2. The first-order valence-corrected chi connectivity index (χ1v) is 6.27. The van der Waals surface area contributed by atoms with Gasteiger partial charge in [0.25, 0.3) is 10.0 Å². The second-order valence-electron chi connectivity index (χ2n) is 3.49. The predicted molar refractivity (Wildman–Crippen MR) is 55.0 cm³/mol. The molecule has 0 atom stereocenters. The van der Waals surface area contributed by atoms with Crippen LogP contribution in [0.2, 0.25) is 0 Å². The quantitative estimate of drug-likeness (QED) is 0.705. The Hall–Kier alpha value is -0.920. The maximum atomic E-state index is 12.0. The smallest absolute Gasteiger partial charge is 0.260 e. The normalized spacial score (nSPS) is 19.3. The summed E-state index contributed by atoms with van der Waals surface area (Å²) in [7, 11) is -3.37. The highest BCUT2D eigenvalue weighted by molar-refractivity contribution is 7.89. The van der Waals surface area contributed by atoms with Gasteiger partial charge in [-0.05, 0) is 6.92 Å². The van der Waals surface area contributed by atoms with E-state index in [9.17, 15) is 8.42 Å². The molecule has 0 unspecified atom stereocenters. The van der Waals surface area contributed by atoms with Gasteiger partial charge in [-0.25, -0.2) is 13.4 Å². The number of H-pyrrole nitrogens is 1. The van der Waals surface area contributed by atoms with Crippen LogP contribution < -0.4 is 5.32 Å². The summed E-state index contributed by atoms with van der Waals surface area (Å²) in [4.78, 5) is 6.65. The van der Waals surface area contributed by atoms with Crippen LogP contribution in [0.5, 0.6) is 0 Å². The van der Waals surface area contributed by atoms with Crippen molar-refractivity contribution >= 4 is 10.0 Å². The fraction of sp³-hybridized carbons (Fsp3) is 0.625. The van der Waals surface area contributed by atoms with Crippen LogP contribution in [0.3, 0.4) is 0 Å². The van der Waals surface area contributed by atoms with Crippen molar-refractivity contribution in [2.45, 2.75) is 11.9 Å².